The zero-order valence-electron chi connectivity index (χ0n) is 8.85. The quantitative estimate of drug-likeness (QED) is 0.740. The van der Waals surface area contributed by atoms with Crippen LogP contribution < -0.4 is 5.32 Å². The second-order valence-corrected chi connectivity index (χ2v) is 3.84. The van der Waals surface area contributed by atoms with Gasteiger partial charge in [-0.2, -0.15) is 5.26 Å². The molecule has 0 saturated heterocycles. The molecule has 0 unspecified atom stereocenters. The summed E-state index contributed by atoms with van der Waals surface area (Å²) in [7, 11) is 0. The third-order valence-electron chi connectivity index (χ3n) is 2.10. The Morgan fingerprint density at radius 1 is 1.59 bits per heavy atom. The van der Waals surface area contributed by atoms with Crippen LogP contribution in [0.3, 0.4) is 0 Å². The lowest BCUT2D eigenvalue weighted by atomic mass is 10.1. The van der Waals surface area contributed by atoms with Crippen LogP contribution >= 0.6 is 11.6 Å². The molecule has 17 heavy (non-hydrogen) atoms. The van der Waals surface area contributed by atoms with E-state index >= 15 is 0 Å². The van der Waals surface area contributed by atoms with Crippen molar-refractivity contribution in [3.05, 3.63) is 28.8 Å². The van der Waals surface area contributed by atoms with Crippen LogP contribution in [0.2, 0.25) is 5.02 Å². The van der Waals surface area contributed by atoms with Gasteiger partial charge in [-0.05, 0) is 18.2 Å². The minimum atomic E-state index is -1.00. The molecule has 0 aromatic heterocycles. The SMILES string of the molecule is N#Cc1ccc(N[C@H](CO)CC(=O)O)cc1Cl. The number of anilines is 1. The van der Waals surface area contributed by atoms with E-state index in [-0.39, 0.29) is 18.1 Å². The monoisotopic (exact) mass is 254 g/mol. The number of rotatable bonds is 5. The standard InChI is InChI=1S/C11H11ClN2O3/c12-10-3-8(2-1-7(10)5-13)14-9(6-15)4-11(16)17/h1-3,9,14-15H,4,6H2,(H,16,17)/t9-/m0/s1. The summed E-state index contributed by atoms with van der Waals surface area (Å²) in [6.45, 7) is -0.302. The molecule has 0 aliphatic rings. The second kappa shape index (κ2) is 6.09. The molecule has 0 saturated carbocycles. The molecule has 1 rings (SSSR count). The van der Waals surface area contributed by atoms with Gasteiger partial charge in [-0.3, -0.25) is 4.79 Å². The highest BCUT2D eigenvalue weighted by Crippen LogP contribution is 2.21. The summed E-state index contributed by atoms with van der Waals surface area (Å²) in [5, 5.41) is 29.4. The van der Waals surface area contributed by atoms with Crippen LogP contribution in [0.1, 0.15) is 12.0 Å². The number of hydrogen-bond donors (Lipinski definition) is 3. The van der Waals surface area contributed by atoms with Gasteiger partial charge < -0.3 is 15.5 Å². The number of carbonyl (C=O) groups is 1. The first-order chi connectivity index (χ1) is 8.06. The van der Waals surface area contributed by atoms with E-state index in [0.717, 1.165) is 0 Å². The molecule has 0 amide bonds. The van der Waals surface area contributed by atoms with Crippen LogP contribution in [0, 0.1) is 11.3 Å². The van der Waals surface area contributed by atoms with Gasteiger partial charge in [0.15, 0.2) is 0 Å². The lowest BCUT2D eigenvalue weighted by Gasteiger charge is -2.15. The first-order valence-electron chi connectivity index (χ1n) is 4.85. The Morgan fingerprint density at radius 3 is 2.76 bits per heavy atom. The molecular formula is C11H11ClN2O3. The summed E-state index contributed by atoms with van der Waals surface area (Å²) in [4.78, 5) is 10.5. The van der Waals surface area contributed by atoms with Crippen molar-refractivity contribution in [1.29, 1.82) is 5.26 Å². The number of nitrogens with one attached hydrogen (secondary N) is 1. The maximum absolute atomic E-state index is 10.5. The Bertz CT molecular complexity index is 457. The maximum Gasteiger partial charge on any atom is 0.305 e. The van der Waals surface area contributed by atoms with E-state index in [1.54, 1.807) is 6.07 Å². The molecular weight excluding hydrogens is 244 g/mol. The summed E-state index contributed by atoms with van der Waals surface area (Å²) in [6.07, 6.45) is -0.200. The number of aliphatic carboxylic acids is 1. The Labute approximate surface area is 103 Å². The van der Waals surface area contributed by atoms with Gasteiger partial charge in [-0.15, -0.1) is 0 Å². The third kappa shape index (κ3) is 3.94. The lowest BCUT2D eigenvalue weighted by Crippen LogP contribution is -2.26. The summed E-state index contributed by atoms with van der Waals surface area (Å²) in [5.74, 6) is -1.00. The van der Waals surface area contributed by atoms with Crippen LogP contribution in [-0.2, 0) is 4.79 Å². The van der Waals surface area contributed by atoms with Gasteiger partial charge in [0, 0.05) is 5.69 Å². The number of nitriles is 1. The lowest BCUT2D eigenvalue weighted by molar-refractivity contribution is -0.137. The summed E-state index contributed by atoms with van der Waals surface area (Å²) in [6, 6.07) is 5.98. The van der Waals surface area contributed by atoms with Crippen molar-refractivity contribution >= 4 is 23.3 Å². The highest BCUT2D eigenvalue weighted by Gasteiger charge is 2.12. The molecule has 3 N–H and O–H groups in total. The average molecular weight is 255 g/mol. The molecule has 6 heteroatoms. The van der Waals surface area contributed by atoms with Gasteiger partial charge in [0.05, 0.1) is 29.7 Å². The van der Waals surface area contributed by atoms with E-state index in [1.165, 1.54) is 12.1 Å². The summed E-state index contributed by atoms with van der Waals surface area (Å²) < 4.78 is 0. The Hall–Kier alpha value is -1.77. The minimum absolute atomic E-state index is 0.200. The number of aliphatic hydroxyl groups excluding tert-OH is 1. The van der Waals surface area contributed by atoms with Gasteiger partial charge >= 0.3 is 5.97 Å². The zero-order chi connectivity index (χ0) is 12.8. The van der Waals surface area contributed by atoms with Crippen molar-refractivity contribution in [3.63, 3.8) is 0 Å². The van der Waals surface area contributed by atoms with Crippen molar-refractivity contribution in [2.75, 3.05) is 11.9 Å². The predicted octanol–water partition coefficient (Wildman–Crippen LogP) is 1.46. The molecule has 1 aromatic carbocycles. The summed E-state index contributed by atoms with van der Waals surface area (Å²) >= 11 is 5.82. The van der Waals surface area contributed by atoms with Crippen LogP contribution in [0.15, 0.2) is 18.2 Å². The first kappa shape index (κ1) is 13.3. The van der Waals surface area contributed by atoms with Gasteiger partial charge in [-0.1, -0.05) is 11.6 Å². The molecule has 1 aromatic rings. The normalized spacial score (nSPS) is 11.6. The zero-order valence-corrected chi connectivity index (χ0v) is 9.61. The fourth-order valence-corrected chi connectivity index (χ4v) is 1.53. The Morgan fingerprint density at radius 2 is 2.29 bits per heavy atom. The van der Waals surface area contributed by atoms with Gasteiger partial charge in [0.2, 0.25) is 0 Å². The van der Waals surface area contributed by atoms with Gasteiger partial charge in [-0.25, -0.2) is 0 Å². The molecule has 0 heterocycles. The van der Waals surface area contributed by atoms with Crippen molar-refractivity contribution < 1.29 is 15.0 Å². The Balaban J connectivity index is 2.77. The van der Waals surface area contributed by atoms with E-state index in [0.29, 0.717) is 11.3 Å². The van der Waals surface area contributed by atoms with E-state index in [4.69, 9.17) is 27.1 Å². The van der Waals surface area contributed by atoms with Crippen molar-refractivity contribution in [1.82, 2.24) is 0 Å². The minimum Gasteiger partial charge on any atom is -0.481 e. The number of halogens is 1. The highest BCUT2D eigenvalue weighted by molar-refractivity contribution is 6.32. The number of aliphatic hydroxyl groups is 1. The highest BCUT2D eigenvalue weighted by atomic mass is 35.5. The molecule has 0 radical (unpaired) electrons. The molecule has 0 aliphatic heterocycles. The van der Waals surface area contributed by atoms with Crippen LogP contribution in [0.25, 0.3) is 0 Å². The molecule has 0 fully saturated rings. The van der Waals surface area contributed by atoms with Gasteiger partial charge in [0.25, 0.3) is 0 Å². The fourth-order valence-electron chi connectivity index (χ4n) is 1.30. The number of nitrogens with zero attached hydrogens (tertiary/aromatic N) is 1. The molecule has 0 aliphatic carbocycles. The number of carboxylic acids is 1. The Kier molecular flexibility index (Phi) is 4.76. The van der Waals surface area contributed by atoms with Gasteiger partial charge in [0.1, 0.15) is 6.07 Å². The third-order valence-corrected chi connectivity index (χ3v) is 2.41. The topological polar surface area (TPSA) is 93.4 Å². The first-order valence-corrected chi connectivity index (χ1v) is 5.23. The van der Waals surface area contributed by atoms with E-state index in [9.17, 15) is 4.79 Å². The number of hydrogen-bond acceptors (Lipinski definition) is 4. The molecule has 5 nitrogen and oxygen atoms in total. The maximum atomic E-state index is 10.5. The van der Waals surface area contributed by atoms with E-state index < -0.39 is 12.0 Å². The van der Waals surface area contributed by atoms with Crippen LogP contribution in [0.5, 0.6) is 0 Å². The second-order valence-electron chi connectivity index (χ2n) is 3.43. The van der Waals surface area contributed by atoms with Crippen LogP contribution in [-0.4, -0.2) is 28.8 Å². The smallest absolute Gasteiger partial charge is 0.305 e. The molecule has 90 valence electrons. The van der Waals surface area contributed by atoms with Crippen molar-refractivity contribution in [3.8, 4) is 6.07 Å². The largest absolute Gasteiger partial charge is 0.481 e. The predicted molar refractivity (Wildman–Crippen MR) is 62.9 cm³/mol. The van der Waals surface area contributed by atoms with Crippen LogP contribution in [0.4, 0.5) is 5.69 Å². The fraction of sp³-hybridized carbons (Fsp3) is 0.273. The summed E-state index contributed by atoms with van der Waals surface area (Å²) in [5.41, 5.74) is 0.908. The van der Waals surface area contributed by atoms with E-state index in [2.05, 4.69) is 5.32 Å². The number of carboxylic acid groups (broad SMARTS) is 1. The molecule has 0 bridgehead atoms. The molecule has 1 atom stereocenters. The number of benzene rings is 1. The van der Waals surface area contributed by atoms with Crippen molar-refractivity contribution in [2.24, 2.45) is 0 Å². The average Bonchev–Trinajstić information content (AvgIpc) is 2.27. The van der Waals surface area contributed by atoms with E-state index in [1.807, 2.05) is 6.07 Å². The molecule has 0 spiro atoms. The van der Waals surface area contributed by atoms with Crippen molar-refractivity contribution in [2.45, 2.75) is 12.5 Å².